The van der Waals surface area contributed by atoms with Crippen molar-refractivity contribution in [2.24, 2.45) is 0 Å². The van der Waals surface area contributed by atoms with Crippen LogP contribution in [0, 0.1) is 0 Å². The lowest BCUT2D eigenvalue weighted by molar-refractivity contribution is -0.124. The molecule has 3 heterocycles. The molecule has 1 aliphatic heterocycles. The quantitative estimate of drug-likeness (QED) is 0.0541. The summed E-state index contributed by atoms with van der Waals surface area (Å²) in [6, 6.07) is 30.2. The van der Waals surface area contributed by atoms with Crippen LogP contribution < -0.4 is 16.0 Å². The molecule has 2 aromatic heterocycles. The number of nitrogens with one attached hydrogen (secondary N) is 3. The molecule has 68 heavy (non-hydrogen) atoms. The minimum absolute atomic E-state index is 0.0457. The van der Waals surface area contributed by atoms with Gasteiger partial charge in [-0.2, -0.15) is 8.42 Å². The Balaban J connectivity index is 0.000000461. The maximum absolute atomic E-state index is 14.2. The normalized spacial score (nSPS) is 14.2. The number of carbonyl (C=O) groups is 3. The molecule has 4 amide bonds. The molecule has 6 aromatic rings. The number of urea groups is 1. The first kappa shape index (κ1) is 51.6. The Morgan fingerprint density at radius 2 is 1.46 bits per heavy atom. The Kier molecular flexibility index (Phi) is 19.8. The van der Waals surface area contributed by atoms with Gasteiger partial charge in [0.1, 0.15) is 17.5 Å². The van der Waals surface area contributed by atoms with E-state index in [2.05, 4.69) is 44.7 Å². The second kappa shape index (κ2) is 26.1. The van der Waals surface area contributed by atoms with Gasteiger partial charge < -0.3 is 30.3 Å². The molecule has 362 valence electrons. The van der Waals surface area contributed by atoms with Gasteiger partial charge in [0, 0.05) is 61.6 Å². The number of ether oxygens (including phenoxy) is 2. The monoisotopic (exact) mass is 983 g/mol. The predicted molar refractivity (Wildman–Crippen MR) is 266 cm³/mol. The number of carbonyl (C=O) groups excluding carboxylic acids is 3. The minimum Gasteiger partial charge on any atom is -0.444 e. The molecule has 0 bridgehead atoms. The van der Waals surface area contributed by atoms with Crippen LogP contribution >= 0.6 is 22.7 Å². The highest BCUT2D eigenvalue weighted by atomic mass is 32.2. The maximum atomic E-state index is 14.2. The summed E-state index contributed by atoms with van der Waals surface area (Å²) >= 11 is 3.02. The van der Waals surface area contributed by atoms with Crippen molar-refractivity contribution in [3.05, 3.63) is 147 Å². The van der Waals surface area contributed by atoms with Crippen LogP contribution in [0.5, 0.6) is 0 Å². The average Bonchev–Trinajstić information content (AvgIpc) is 4.05. The van der Waals surface area contributed by atoms with Gasteiger partial charge in [0.05, 0.1) is 40.8 Å². The molecule has 1 fully saturated rings. The van der Waals surface area contributed by atoms with Crippen molar-refractivity contribution in [1.82, 2.24) is 35.7 Å². The van der Waals surface area contributed by atoms with E-state index in [0.29, 0.717) is 69.7 Å². The maximum Gasteiger partial charge on any atom is 0.407 e. The largest absolute Gasteiger partial charge is 0.444 e. The second-order valence-corrected chi connectivity index (χ2v) is 20.2. The number of morpholine rings is 1. The van der Waals surface area contributed by atoms with E-state index in [1.165, 1.54) is 17.4 Å². The number of amides is 4. The van der Waals surface area contributed by atoms with Crippen molar-refractivity contribution in [2.75, 3.05) is 39.9 Å². The van der Waals surface area contributed by atoms with Crippen LogP contribution in [-0.2, 0) is 50.4 Å². The lowest BCUT2D eigenvalue weighted by atomic mass is 9.95. The number of fused-ring (bicyclic) bond motifs is 1. The summed E-state index contributed by atoms with van der Waals surface area (Å²) in [6.07, 6.45) is 4.00. The first-order valence-corrected chi connectivity index (χ1v) is 25.9. The van der Waals surface area contributed by atoms with Crippen LogP contribution in [0.2, 0.25) is 0 Å². The number of alkyl carbamates (subject to hydrolysis) is 1. The van der Waals surface area contributed by atoms with Gasteiger partial charge in [-0.15, -0.1) is 22.7 Å². The van der Waals surface area contributed by atoms with Crippen LogP contribution in [0.25, 0.3) is 10.8 Å². The van der Waals surface area contributed by atoms with E-state index in [4.69, 9.17) is 14.0 Å². The van der Waals surface area contributed by atoms with E-state index in [-0.39, 0.29) is 35.5 Å². The number of aromatic nitrogens is 2. The summed E-state index contributed by atoms with van der Waals surface area (Å²) in [5.41, 5.74) is 4.70. The van der Waals surface area contributed by atoms with Crippen molar-refractivity contribution in [3.63, 3.8) is 0 Å². The van der Waals surface area contributed by atoms with Crippen molar-refractivity contribution in [2.45, 2.75) is 88.0 Å². The Hall–Kier alpha value is -5.76. The van der Waals surface area contributed by atoms with Crippen LogP contribution in [-0.4, -0.2) is 109 Å². The van der Waals surface area contributed by atoms with E-state index in [0.717, 1.165) is 45.2 Å². The summed E-state index contributed by atoms with van der Waals surface area (Å²) in [6.45, 7) is 8.19. The third-order valence-electron chi connectivity index (χ3n) is 11.3. The smallest absolute Gasteiger partial charge is 0.407 e. The fraction of sp³-hybridized carbons (Fsp3) is 0.380. The van der Waals surface area contributed by atoms with Crippen LogP contribution in [0.15, 0.2) is 125 Å². The second-order valence-electron chi connectivity index (χ2n) is 16.9. The van der Waals surface area contributed by atoms with Gasteiger partial charge in [-0.25, -0.2) is 14.6 Å². The summed E-state index contributed by atoms with van der Waals surface area (Å²) in [7, 11) is -2.41. The molecule has 4 aromatic carbocycles. The Labute approximate surface area is 407 Å². The van der Waals surface area contributed by atoms with Crippen molar-refractivity contribution in [1.29, 1.82) is 0 Å². The molecule has 0 saturated carbocycles. The Morgan fingerprint density at radius 1 is 0.824 bits per heavy atom. The Bertz CT molecular complexity index is 2590. The number of benzene rings is 4. The molecular weight excluding hydrogens is 923 g/mol. The van der Waals surface area contributed by atoms with Crippen LogP contribution in [0.4, 0.5) is 9.59 Å². The molecule has 3 atom stereocenters. The fourth-order valence-corrected chi connectivity index (χ4v) is 9.72. The molecule has 0 spiro atoms. The van der Waals surface area contributed by atoms with E-state index in [1.54, 1.807) is 65.3 Å². The van der Waals surface area contributed by atoms with E-state index >= 15 is 0 Å². The van der Waals surface area contributed by atoms with Gasteiger partial charge in [-0.05, 0) is 54.7 Å². The van der Waals surface area contributed by atoms with Crippen LogP contribution in [0.3, 0.4) is 0 Å². The van der Waals surface area contributed by atoms with Gasteiger partial charge in [0.2, 0.25) is 5.91 Å². The predicted octanol–water partition coefficient (Wildman–Crippen LogP) is 8.09. The number of hydrogen-bond acceptors (Lipinski definition) is 12. The van der Waals surface area contributed by atoms with E-state index < -0.39 is 22.3 Å². The lowest BCUT2D eigenvalue weighted by Crippen LogP contribution is -2.54. The molecule has 1 aliphatic rings. The molecule has 18 heteroatoms. The highest BCUT2D eigenvalue weighted by Crippen LogP contribution is 2.23. The number of nitrogens with zero attached hydrogens (tertiary/aromatic N) is 4. The molecule has 1 saturated heterocycles. The van der Waals surface area contributed by atoms with Crippen molar-refractivity contribution >= 4 is 61.6 Å². The Morgan fingerprint density at radius 3 is 2.07 bits per heavy atom. The van der Waals surface area contributed by atoms with Gasteiger partial charge in [-0.3, -0.25) is 19.2 Å². The molecule has 0 aliphatic carbocycles. The highest BCUT2D eigenvalue weighted by Gasteiger charge is 2.27. The third kappa shape index (κ3) is 16.8. The zero-order valence-electron chi connectivity index (χ0n) is 38.7. The lowest BCUT2D eigenvalue weighted by Gasteiger charge is -2.30. The first-order valence-electron chi connectivity index (χ1n) is 22.7. The number of rotatable bonds is 20. The average molecular weight is 984 g/mol. The molecule has 0 radical (unpaired) electrons. The number of hydrogen-bond donors (Lipinski definition) is 4. The summed E-state index contributed by atoms with van der Waals surface area (Å²) in [5.74, 6) is 0.0746. The summed E-state index contributed by atoms with van der Waals surface area (Å²) < 4.78 is 42.0. The highest BCUT2D eigenvalue weighted by molar-refractivity contribution is 7.86. The zero-order valence-corrected chi connectivity index (χ0v) is 41.1. The van der Waals surface area contributed by atoms with E-state index in [1.807, 2.05) is 72.1 Å². The molecular formula is C50H61N7O8S3. The summed E-state index contributed by atoms with van der Waals surface area (Å²) in [4.78, 5) is 54.2. The third-order valence-corrected chi connectivity index (χ3v) is 14.2. The first-order chi connectivity index (χ1) is 32.8. The van der Waals surface area contributed by atoms with Crippen molar-refractivity contribution in [3.8, 4) is 0 Å². The number of thiazole rings is 2. The zero-order chi connectivity index (χ0) is 48.3. The topological polar surface area (TPSA) is 192 Å². The fourth-order valence-electron chi connectivity index (χ4n) is 7.67. The van der Waals surface area contributed by atoms with E-state index in [9.17, 15) is 22.8 Å². The van der Waals surface area contributed by atoms with Gasteiger partial charge in [0.15, 0.2) is 0 Å². The van der Waals surface area contributed by atoms with Gasteiger partial charge in [0.25, 0.3) is 10.1 Å². The van der Waals surface area contributed by atoms with Crippen LogP contribution in [0.1, 0.15) is 65.7 Å². The van der Waals surface area contributed by atoms with Gasteiger partial charge >= 0.3 is 12.1 Å². The minimum atomic E-state index is -4.13. The summed E-state index contributed by atoms with van der Waals surface area (Å²) in [5, 5.41) is 13.8. The van der Waals surface area contributed by atoms with Crippen molar-refractivity contribution < 1.29 is 36.8 Å². The van der Waals surface area contributed by atoms with Gasteiger partial charge in [-0.1, -0.05) is 111 Å². The molecule has 7 rings (SSSR count). The SMILES string of the molecule is CC(C)c1nc(CN(C)C(=O)NC(CCN2CCOCC2)C(=O)NC(CCC(Cc2ccccc2)NC(=O)OCc2cncs2)Cc2ccccc2)cs1.O=S(=O)(O)c1cccc2ccccc12. The molecule has 3 unspecified atom stereocenters. The molecule has 15 nitrogen and oxygen atoms in total. The molecule has 4 N–H and O–H groups in total. The standard InChI is InChI=1S/C40H53N7O5S2.C10H8O3S/c1-29(2)38-43-34(27-53-38)25-46(3)39(49)45-36(16-17-47-18-20-51-21-19-47)37(48)42-32(22-30-10-6-4-7-11-30)14-15-33(23-31-12-8-5-9-13-31)44-40(50)52-26-35-24-41-28-54-35;11-14(12,13)10-7-3-5-8-4-1-2-6-9(8)10/h4-13,24,27-29,32-33,36H,14-23,25-26H2,1-3H3,(H,42,48)(H,44,50)(H,45,49);1-7H,(H,11,12,13).